The fourth-order valence-corrected chi connectivity index (χ4v) is 3.16. The lowest BCUT2D eigenvalue weighted by Gasteiger charge is -2.05. The van der Waals surface area contributed by atoms with Crippen molar-refractivity contribution in [2.75, 3.05) is 5.32 Å². The van der Waals surface area contributed by atoms with Crippen LogP contribution in [0.1, 0.15) is 39.5 Å². The number of aromatic nitrogens is 2. The summed E-state index contributed by atoms with van der Waals surface area (Å²) in [6.07, 6.45) is 3.11. The minimum Gasteiger partial charge on any atom is -0.486 e. The van der Waals surface area contributed by atoms with Gasteiger partial charge in [-0.2, -0.15) is 5.10 Å². The minimum absolute atomic E-state index is 0.0749. The number of halogens is 1. The van der Waals surface area contributed by atoms with Crippen molar-refractivity contribution in [2.24, 2.45) is 0 Å². The molecule has 3 aromatic heterocycles. The molecule has 9 nitrogen and oxygen atoms in total. The normalized spacial score (nSPS) is 10.7. The molecule has 0 saturated heterocycles. The Hall–Kier alpha value is -3.98. The second-order valence-electron chi connectivity index (χ2n) is 6.98. The number of amides is 2. The number of rotatable bonds is 9. The van der Waals surface area contributed by atoms with Crippen molar-refractivity contribution in [3.63, 3.8) is 0 Å². The van der Waals surface area contributed by atoms with E-state index < -0.39 is 11.8 Å². The van der Waals surface area contributed by atoms with Gasteiger partial charge < -0.3 is 24.2 Å². The minimum atomic E-state index is -0.514. The van der Waals surface area contributed by atoms with E-state index in [9.17, 15) is 9.59 Å². The Bertz CT molecular complexity index is 1250. The SMILES string of the molecule is CCn1cc(NC(=O)c2ccc(COc3cccc(Cl)c3)o2)c(C(=O)NCc2ccco2)n1. The molecule has 0 fully saturated rings. The first-order chi connectivity index (χ1) is 16.0. The topological polar surface area (TPSA) is 112 Å². The summed E-state index contributed by atoms with van der Waals surface area (Å²) in [4.78, 5) is 25.3. The summed E-state index contributed by atoms with van der Waals surface area (Å²) in [5, 5.41) is 10.2. The molecule has 0 saturated carbocycles. The third-order valence-corrected chi connectivity index (χ3v) is 4.85. The number of ether oxygens (including phenoxy) is 1. The molecule has 0 spiro atoms. The number of hydrogen-bond acceptors (Lipinski definition) is 6. The molecule has 2 amide bonds. The molecule has 3 heterocycles. The number of nitrogens with one attached hydrogen (secondary N) is 2. The number of anilines is 1. The molecule has 4 rings (SSSR count). The number of aryl methyl sites for hydroxylation is 1. The van der Waals surface area contributed by atoms with E-state index in [1.54, 1.807) is 53.3 Å². The number of benzene rings is 1. The van der Waals surface area contributed by atoms with Gasteiger partial charge in [0.25, 0.3) is 11.8 Å². The number of nitrogens with zero attached hydrogens (tertiary/aromatic N) is 2. The molecule has 0 aliphatic rings. The van der Waals surface area contributed by atoms with Gasteiger partial charge in [0, 0.05) is 17.8 Å². The zero-order chi connectivity index (χ0) is 23.2. The maximum Gasteiger partial charge on any atom is 0.291 e. The van der Waals surface area contributed by atoms with Crippen molar-refractivity contribution >= 4 is 29.1 Å². The van der Waals surface area contributed by atoms with E-state index in [-0.39, 0.29) is 30.3 Å². The van der Waals surface area contributed by atoms with Gasteiger partial charge in [-0.3, -0.25) is 14.3 Å². The van der Waals surface area contributed by atoms with Crippen LogP contribution in [0.15, 0.2) is 69.8 Å². The van der Waals surface area contributed by atoms with Gasteiger partial charge in [-0.15, -0.1) is 0 Å². The Morgan fingerprint density at radius 1 is 1.12 bits per heavy atom. The summed E-state index contributed by atoms with van der Waals surface area (Å²) in [5.41, 5.74) is 0.361. The number of furan rings is 2. The Balaban J connectivity index is 1.40. The average molecular weight is 469 g/mol. The Morgan fingerprint density at radius 2 is 2.00 bits per heavy atom. The predicted molar refractivity (Wildman–Crippen MR) is 120 cm³/mol. The molecule has 1 aromatic carbocycles. The average Bonchev–Trinajstić information content (AvgIpc) is 3.57. The van der Waals surface area contributed by atoms with Crippen LogP contribution >= 0.6 is 11.6 Å². The maximum atomic E-state index is 12.7. The van der Waals surface area contributed by atoms with Crippen LogP contribution in [-0.4, -0.2) is 21.6 Å². The second kappa shape index (κ2) is 10.1. The second-order valence-corrected chi connectivity index (χ2v) is 7.41. The fraction of sp³-hybridized carbons (Fsp3) is 0.174. The van der Waals surface area contributed by atoms with Gasteiger partial charge in [-0.25, -0.2) is 0 Å². The molecular weight excluding hydrogens is 448 g/mol. The Morgan fingerprint density at radius 3 is 2.76 bits per heavy atom. The highest BCUT2D eigenvalue weighted by molar-refractivity contribution is 6.30. The highest BCUT2D eigenvalue weighted by Gasteiger charge is 2.21. The fourth-order valence-electron chi connectivity index (χ4n) is 2.98. The van der Waals surface area contributed by atoms with E-state index in [0.29, 0.717) is 28.8 Å². The van der Waals surface area contributed by atoms with Crippen LogP contribution in [0.25, 0.3) is 0 Å². The standard InChI is InChI=1S/C23H21ClN4O5/c1-2-28-13-19(21(27-28)23(30)25-12-17-7-4-10-31-17)26-22(29)20-9-8-18(33-20)14-32-16-6-3-5-15(24)11-16/h3-11,13H,2,12,14H2,1H3,(H,25,30)(H,26,29). The molecule has 10 heteroatoms. The van der Waals surface area contributed by atoms with Gasteiger partial charge in [0.1, 0.15) is 23.9 Å². The van der Waals surface area contributed by atoms with Gasteiger partial charge in [0.2, 0.25) is 0 Å². The lowest BCUT2D eigenvalue weighted by molar-refractivity contribution is 0.0943. The molecule has 0 unspecified atom stereocenters. The lowest BCUT2D eigenvalue weighted by Crippen LogP contribution is -2.25. The highest BCUT2D eigenvalue weighted by Crippen LogP contribution is 2.20. The molecule has 4 aromatic rings. The van der Waals surface area contributed by atoms with Crippen LogP contribution in [0.5, 0.6) is 5.75 Å². The van der Waals surface area contributed by atoms with Crippen molar-refractivity contribution in [1.82, 2.24) is 15.1 Å². The molecule has 0 bridgehead atoms. The van der Waals surface area contributed by atoms with E-state index in [4.69, 9.17) is 25.2 Å². The Kier molecular flexibility index (Phi) is 6.80. The first-order valence-electron chi connectivity index (χ1n) is 10.2. The predicted octanol–water partition coefficient (Wildman–Crippen LogP) is 4.50. The van der Waals surface area contributed by atoms with Crippen molar-refractivity contribution in [3.05, 3.63) is 89.0 Å². The zero-order valence-corrected chi connectivity index (χ0v) is 18.5. The van der Waals surface area contributed by atoms with Crippen molar-refractivity contribution in [3.8, 4) is 5.75 Å². The van der Waals surface area contributed by atoms with E-state index >= 15 is 0 Å². The molecule has 0 aliphatic carbocycles. The third-order valence-electron chi connectivity index (χ3n) is 4.61. The summed E-state index contributed by atoms with van der Waals surface area (Å²) in [6, 6.07) is 13.6. The van der Waals surface area contributed by atoms with Crippen LogP contribution in [0.2, 0.25) is 5.02 Å². The van der Waals surface area contributed by atoms with Gasteiger partial charge in [0.15, 0.2) is 11.5 Å². The van der Waals surface area contributed by atoms with Crippen LogP contribution in [-0.2, 0) is 19.7 Å². The molecule has 33 heavy (non-hydrogen) atoms. The first-order valence-corrected chi connectivity index (χ1v) is 10.6. The van der Waals surface area contributed by atoms with Gasteiger partial charge in [-0.05, 0) is 49.4 Å². The summed E-state index contributed by atoms with van der Waals surface area (Å²) in [6.45, 7) is 2.73. The quantitative estimate of drug-likeness (QED) is 0.374. The van der Waals surface area contributed by atoms with E-state index in [1.807, 2.05) is 6.92 Å². The number of carbonyl (C=O) groups is 2. The van der Waals surface area contributed by atoms with E-state index in [2.05, 4.69) is 15.7 Å². The summed E-state index contributed by atoms with van der Waals surface area (Å²) in [5.74, 6) is 0.768. The first kappa shape index (κ1) is 22.2. The zero-order valence-electron chi connectivity index (χ0n) is 17.7. The van der Waals surface area contributed by atoms with E-state index in [0.717, 1.165) is 0 Å². The van der Waals surface area contributed by atoms with Crippen molar-refractivity contribution < 1.29 is 23.2 Å². The third kappa shape index (κ3) is 5.64. The molecule has 0 radical (unpaired) electrons. The monoisotopic (exact) mass is 468 g/mol. The van der Waals surface area contributed by atoms with Crippen LogP contribution in [0, 0.1) is 0 Å². The number of carbonyl (C=O) groups excluding carboxylic acids is 2. The molecular formula is C23H21ClN4O5. The van der Waals surface area contributed by atoms with Gasteiger partial charge in [-0.1, -0.05) is 17.7 Å². The maximum absolute atomic E-state index is 12.7. The molecule has 0 aliphatic heterocycles. The van der Waals surface area contributed by atoms with Crippen molar-refractivity contribution in [1.29, 1.82) is 0 Å². The van der Waals surface area contributed by atoms with Gasteiger partial charge in [0.05, 0.1) is 18.5 Å². The molecule has 2 N–H and O–H groups in total. The largest absolute Gasteiger partial charge is 0.486 e. The summed E-state index contributed by atoms with van der Waals surface area (Å²) >= 11 is 5.95. The van der Waals surface area contributed by atoms with Crippen LogP contribution in [0.3, 0.4) is 0 Å². The smallest absolute Gasteiger partial charge is 0.291 e. The van der Waals surface area contributed by atoms with E-state index in [1.165, 1.54) is 12.3 Å². The molecule has 170 valence electrons. The van der Waals surface area contributed by atoms with Crippen LogP contribution in [0.4, 0.5) is 5.69 Å². The molecule has 0 atom stereocenters. The summed E-state index contributed by atoms with van der Waals surface area (Å²) in [7, 11) is 0. The van der Waals surface area contributed by atoms with Crippen molar-refractivity contribution in [2.45, 2.75) is 26.6 Å². The lowest BCUT2D eigenvalue weighted by atomic mass is 10.3. The Labute approximate surface area is 194 Å². The summed E-state index contributed by atoms with van der Waals surface area (Å²) < 4.78 is 18.0. The number of hydrogen-bond donors (Lipinski definition) is 2. The van der Waals surface area contributed by atoms with Crippen LogP contribution < -0.4 is 15.4 Å². The van der Waals surface area contributed by atoms with Gasteiger partial charge >= 0.3 is 0 Å². The highest BCUT2D eigenvalue weighted by atomic mass is 35.5.